The number of benzene rings is 1. The van der Waals surface area contributed by atoms with E-state index >= 15 is 0 Å². The van der Waals surface area contributed by atoms with E-state index in [0.717, 1.165) is 4.90 Å². The van der Waals surface area contributed by atoms with Crippen LogP contribution in [0.25, 0.3) is 0 Å². The second kappa shape index (κ2) is 5.78. The zero-order valence-corrected chi connectivity index (χ0v) is 12.2. The molecule has 0 saturated heterocycles. The van der Waals surface area contributed by atoms with Gasteiger partial charge in [-0.15, -0.1) is 11.8 Å². The van der Waals surface area contributed by atoms with E-state index in [1.165, 1.54) is 11.8 Å². The number of carbonyl (C=O) groups is 1. The van der Waals surface area contributed by atoms with Gasteiger partial charge in [-0.05, 0) is 45.9 Å². The lowest BCUT2D eigenvalue weighted by Gasteiger charge is -2.23. The van der Waals surface area contributed by atoms with Crippen LogP contribution in [0.3, 0.4) is 0 Å². The Labute approximate surface area is 112 Å². The Morgan fingerprint density at radius 3 is 2.59 bits per heavy atom. The minimum absolute atomic E-state index is 0.0440. The van der Waals surface area contributed by atoms with E-state index in [0.29, 0.717) is 5.02 Å². The van der Waals surface area contributed by atoms with E-state index < -0.39 is 0 Å². The van der Waals surface area contributed by atoms with E-state index in [1.54, 1.807) is 0 Å². The first-order valence-electron chi connectivity index (χ1n) is 5.52. The average molecular weight is 272 g/mol. The molecule has 1 aromatic carbocycles. The number of rotatable bonds is 3. The molecule has 1 atom stereocenters. The Bertz CT molecular complexity index is 401. The maximum atomic E-state index is 11.9. The van der Waals surface area contributed by atoms with Gasteiger partial charge in [-0.25, -0.2) is 0 Å². The van der Waals surface area contributed by atoms with Crippen molar-refractivity contribution in [2.75, 3.05) is 0 Å². The predicted octanol–water partition coefficient (Wildman–Crippen LogP) is 3.74. The third kappa shape index (κ3) is 5.46. The van der Waals surface area contributed by atoms with Crippen molar-refractivity contribution in [2.45, 2.75) is 43.4 Å². The lowest BCUT2D eigenvalue weighted by molar-refractivity contribution is -0.121. The molecule has 17 heavy (non-hydrogen) atoms. The quantitative estimate of drug-likeness (QED) is 0.849. The van der Waals surface area contributed by atoms with Crippen molar-refractivity contribution in [3.63, 3.8) is 0 Å². The second-order valence-corrected chi connectivity index (χ2v) is 6.81. The Hall–Kier alpha value is -0.670. The lowest BCUT2D eigenvalue weighted by atomic mass is 10.1. The summed E-state index contributed by atoms with van der Waals surface area (Å²) < 4.78 is 0. The van der Waals surface area contributed by atoms with Gasteiger partial charge in [0, 0.05) is 15.5 Å². The zero-order chi connectivity index (χ0) is 13.1. The summed E-state index contributed by atoms with van der Waals surface area (Å²) in [5.74, 6) is 0.0440. The molecule has 0 fully saturated rings. The van der Waals surface area contributed by atoms with Gasteiger partial charge in [-0.2, -0.15) is 0 Å². The standard InChI is InChI=1S/C13H18ClNOS/c1-9(12(16)15-13(2,3)4)17-11-7-5-6-10(14)8-11/h5-9H,1-4H3,(H,15,16). The molecule has 0 bridgehead atoms. The fourth-order valence-electron chi connectivity index (χ4n) is 1.27. The highest BCUT2D eigenvalue weighted by Gasteiger charge is 2.19. The molecule has 94 valence electrons. The predicted molar refractivity (Wildman–Crippen MR) is 74.7 cm³/mol. The molecule has 0 heterocycles. The van der Waals surface area contributed by atoms with E-state index in [1.807, 2.05) is 52.0 Å². The minimum atomic E-state index is -0.194. The van der Waals surface area contributed by atoms with Crippen molar-refractivity contribution >= 4 is 29.3 Å². The first-order valence-corrected chi connectivity index (χ1v) is 6.78. The molecule has 1 N–H and O–H groups in total. The van der Waals surface area contributed by atoms with Crippen LogP contribution in [0.4, 0.5) is 0 Å². The molecule has 0 aliphatic carbocycles. The van der Waals surface area contributed by atoms with Crippen LogP contribution in [-0.2, 0) is 4.79 Å². The van der Waals surface area contributed by atoms with Gasteiger partial charge in [0.05, 0.1) is 5.25 Å². The SMILES string of the molecule is CC(Sc1cccc(Cl)c1)C(=O)NC(C)(C)C. The summed E-state index contributed by atoms with van der Waals surface area (Å²) in [6.07, 6.45) is 0. The van der Waals surface area contributed by atoms with Crippen LogP contribution in [0, 0.1) is 0 Å². The largest absolute Gasteiger partial charge is 0.351 e. The second-order valence-electron chi connectivity index (χ2n) is 4.96. The number of halogens is 1. The van der Waals surface area contributed by atoms with Crippen LogP contribution < -0.4 is 5.32 Å². The van der Waals surface area contributed by atoms with E-state index in [2.05, 4.69) is 5.32 Å². The van der Waals surface area contributed by atoms with E-state index in [-0.39, 0.29) is 16.7 Å². The van der Waals surface area contributed by atoms with Crippen LogP contribution in [0.5, 0.6) is 0 Å². The number of carbonyl (C=O) groups excluding carboxylic acids is 1. The molecule has 0 radical (unpaired) electrons. The molecule has 1 amide bonds. The van der Waals surface area contributed by atoms with Gasteiger partial charge in [0.15, 0.2) is 0 Å². The average Bonchev–Trinajstić information content (AvgIpc) is 2.14. The van der Waals surface area contributed by atoms with Crippen molar-refractivity contribution in [1.29, 1.82) is 0 Å². The highest BCUT2D eigenvalue weighted by molar-refractivity contribution is 8.00. The molecule has 0 aliphatic rings. The number of amides is 1. The van der Waals surface area contributed by atoms with Crippen LogP contribution >= 0.6 is 23.4 Å². The molecule has 2 nitrogen and oxygen atoms in total. The molecule has 0 saturated carbocycles. The molecule has 1 unspecified atom stereocenters. The van der Waals surface area contributed by atoms with Crippen LogP contribution in [0.15, 0.2) is 29.2 Å². The zero-order valence-electron chi connectivity index (χ0n) is 10.6. The monoisotopic (exact) mass is 271 g/mol. The maximum Gasteiger partial charge on any atom is 0.233 e. The number of hydrogen-bond donors (Lipinski definition) is 1. The topological polar surface area (TPSA) is 29.1 Å². The van der Waals surface area contributed by atoms with Gasteiger partial charge in [-0.3, -0.25) is 4.79 Å². The van der Waals surface area contributed by atoms with Crippen molar-refractivity contribution in [3.05, 3.63) is 29.3 Å². The molecule has 4 heteroatoms. The Kier molecular flexibility index (Phi) is 4.90. The van der Waals surface area contributed by atoms with Crippen LogP contribution in [0.2, 0.25) is 5.02 Å². The van der Waals surface area contributed by atoms with E-state index in [4.69, 9.17) is 11.6 Å². The van der Waals surface area contributed by atoms with Gasteiger partial charge >= 0.3 is 0 Å². The summed E-state index contributed by atoms with van der Waals surface area (Å²) >= 11 is 7.41. The fraction of sp³-hybridized carbons (Fsp3) is 0.462. The first kappa shape index (κ1) is 14.4. The lowest BCUT2D eigenvalue weighted by Crippen LogP contribution is -2.44. The summed E-state index contributed by atoms with van der Waals surface area (Å²) in [4.78, 5) is 12.9. The molecule has 1 aromatic rings. The van der Waals surface area contributed by atoms with E-state index in [9.17, 15) is 4.79 Å². The van der Waals surface area contributed by atoms with Gasteiger partial charge < -0.3 is 5.32 Å². The molecule has 0 aromatic heterocycles. The number of thioether (sulfide) groups is 1. The molecule has 1 rings (SSSR count). The van der Waals surface area contributed by atoms with Gasteiger partial charge in [0.25, 0.3) is 0 Å². The normalized spacial score (nSPS) is 13.2. The molecule has 0 spiro atoms. The van der Waals surface area contributed by atoms with Crippen LogP contribution in [-0.4, -0.2) is 16.7 Å². The van der Waals surface area contributed by atoms with Crippen LogP contribution in [0.1, 0.15) is 27.7 Å². The third-order valence-corrected chi connectivity index (χ3v) is 3.31. The van der Waals surface area contributed by atoms with Crippen molar-refractivity contribution in [3.8, 4) is 0 Å². The fourth-order valence-corrected chi connectivity index (χ4v) is 2.45. The maximum absolute atomic E-state index is 11.9. The summed E-state index contributed by atoms with van der Waals surface area (Å²) in [6, 6.07) is 7.54. The highest BCUT2D eigenvalue weighted by Crippen LogP contribution is 2.26. The summed E-state index contributed by atoms with van der Waals surface area (Å²) in [5.41, 5.74) is -0.194. The van der Waals surface area contributed by atoms with Crippen molar-refractivity contribution in [2.24, 2.45) is 0 Å². The smallest absolute Gasteiger partial charge is 0.233 e. The molecular weight excluding hydrogens is 254 g/mol. The number of hydrogen-bond acceptors (Lipinski definition) is 2. The minimum Gasteiger partial charge on any atom is -0.351 e. The third-order valence-electron chi connectivity index (χ3n) is 1.98. The summed E-state index contributed by atoms with van der Waals surface area (Å²) in [6.45, 7) is 7.82. The highest BCUT2D eigenvalue weighted by atomic mass is 35.5. The van der Waals surface area contributed by atoms with Gasteiger partial charge in [0.2, 0.25) is 5.91 Å². The number of nitrogens with one attached hydrogen (secondary N) is 1. The van der Waals surface area contributed by atoms with Crippen molar-refractivity contribution < 1.29 is 4.79 Å². The van der Waals surface area contributed by atoms with Gasteiger partial charge in [-0.1, -0.05) is 17.7 Å². The summed E-state index contributed by atoms with van der Waals surface area (Å²) in [5, 5.41) is 3.52. The van der Waals surface area contributed by atoms with Gasteiger partial charge in [0.1, 0.15) is 0 Å². The summed E-state index contributed by atoms with van der Waals surface area (Å²) in [7, 11) is 0. The Balaban J connectivity index is 2.60. The molecular formula is C13H18ClNOS. The first-order chi connectivity index (χ1) is 7.78. The Morgan fingerprint density at radius 1 is 1.41 bits per heavy atom. The Morgan fingerprint density at radius 2 is 2.06 bits per heavy atom. The molecule has 0 aliphatic heterocycles. The van der Waals surface area contributed by atoms with Crippen molar-refractivity contribution in [1.82, 2.24) is 5.32 Å².